The Morgan fingerprint density at radius 2 is 2.11 bits per heavy atom. The largest absolute Gasteiger partial charge is 0.213 e. The van der Waals surface area contributed by atoms with Gasteiger partial charge >= 0.3 is 0 Å². The molecule has 1 aromatic carbocycles. The van der Waals surface area contributed by atoms with Gasteiger partial charge < -0.3 is 0 Å². The van der Waals surface area contributed by atoms with Crippen LogP contribution in [-0.4, -0.2) is 26.0 Å². The summed E-state index contributed by atoms with van der Waals surface area (Å²) in [6, 6.07) is 3.29. The number of benzene rings is 1. The molecule has 0 heterocycles. The number of nitrogens with zero attached hydrogens (tertiary/aromatic N) is 1. The first-order valence-electron chi connectivity index (χ1n) is 5.52. The summed E-state index contributed by atoms with van der Waals surface area (Å²) >= 11 is 5.76. The molecule has 0 spiro atoms. The van der Waals surface area contributed by atoms with E-state index in [1.54, 1.807) is 6.07 Å². The van der Waals surface area contributed by atoms with Crippen LogP contribution in [0.15, 0.2) is 12.1 Å². The zero-order valence-corrected chi connectivity index (χ0v) is 11.7. The highest BCUT2D eigenvalue weighted by Gasteiger charge is 2.29. The molecule has 0 N–H and O–H groups in total. The fourth-order valence-electron chi connectivity index (χ4n) is 1.78. The third-order valence-corrected chi connectivity index (χ3v) is 4.60. The molecule has 1 radical (unpaired) electrons. The number of sulfonamides is 1. The Kier molecular flexibility index (Phi) is 3.67. The van der Waals surface area contributed by atoms with Crippen LogP contribution in [0.3, 0.4) is 0 Å². The van der Waals surface area contributed by atoms with Gasteiger partial charge in [-0.1, -0.05) is 17.7 Å². The average Bonchev–Trinajstić information content (AvgIpc) is 3.07. The van der Waals surface area contributed by atoms with E-state index in [9.17, 15) is 12.8 Å². The molecule has 1 fully saturated rings. The molecule has 0 aliphatic heterocycles. The molecule has 18 heavy (non-hydrogen) atoms. The van der Waals surface area contributed by atoms with Gasteiger partial charge in [0.25, 0.3) is 0 Å². The summed E-state index contributed by atoms with van der Waals surface area (Å²) in [5, 5.41) is 0.0244. The van der Waals surface area contributed by atoms with Crippen LogP contribution in [0.1, 0.15) is 23.5 Å². The zero-order chi connectivity index (χ0) is 13.5. The lowest BCUT2D eigenvalue weighted by Crippen LogP contribution is -2.26. The second-order valence-electron chi connectivity index (χ2n) is 4.53. The molecule has 0 amide bonds. The predicted octanol–water partition coefficient (Wildman–Crippen LogP) is 2.56. The summed E-state index contributed by atoms with van der Waals surface area (Å²) in [4.78, 5) is 0. The summed E-state index contributed by atoms with van der Waals surface area (Å²) in [5.41, 5.74) is 1.20. The van der Waals surface area contributed by atoms with Crippen molar-refractivity contribution < 1.29 is 12.8 Å². The van der Waals surface area contributed by atoms with Crippen molar-refractivity contribution >= 4 is 21.6 Å². The molecule has 2 rings (SSSR count). The highest BCUT2D eigenvalue weighted by molar-refractivity contribution is 7.88. The minimum absolute atomic E-state index is 0.00486. The lowest BCUT2D eigenvalue weighted by molar-refractivity contribution is 0.459. The molecule has 1 atom stereocenters. The van der Waals surface area contributed by atoms with Crippen LogP contribution in [0.2, 0.25) is 5.02 Å². The van der Waals surface area contributed by atoms with Crippen LogP contribution in [0.5, 0.6) is 0 Å². The van der Waals surface area contributed by atoms with Crippen molar-refractivity contribution in [2.75, 3.05) is 13.3 Å². The highest BCUT2D eigenvalue weighted by Crippen LogP contribution is 2.42. The Morgan fingerprint density at radius 1 is 1.50 bits per heavy atom. The van der Waals surface area contributed by atoms with E-state index in [-0.39, 0.29) is 17.5 Å². The Hall–Kier alpha value is -0.650. The van der Waals surface area contributed by atoms with E-state index in [1.807, 2.05) is 6.42 Å². The molecule has 0 bridgehead atoms. The predicted molar refractivity (Wildman–Crippen MR) is 69.4 cm³/mol. The second-order valence-corrected chi connectivity index (χ2v) is 7.02. The zero-order valence-electron chi connectivity index (χ0n) is 10.2. The summed E-state index contributed by atoms with van der Waals surface area (Å²) < 4.78 is 37.9. The molecule has 1 aliphatic carbocycles. The molecule has 0 aromatic heterocycles. The fraction of sp³-hybridized carbons (Fsp3) is 0.417. The van der Waals surface area contributed by atoms with Gasteiger partial charge in [0, 0.05) is 19.2 Å². The van der Waals surface area contributed by atoms with Crippen molar-refractivity contribution in [3.63, 3.8) is 0 Å². The highest BCUT2D eigenvalue weighted by atomic mass is 35.5. The number of hydrogen-bond acceptors (Lipinski definition) is 2. The topological polar surface area (TPSA) is 37.4 Å². The minimum Gasteiger partial charge on any atom is -0.213 e. The normalized spacial score (nSPS) is 16.3. The molecule has 6 heteroatoms. The van der Waals surface area contributed by atoms with Gasteiger partial charge in [-0.05, 0) is 30.4 Å². The van der Waals surface area contributed by atoms with E-state index >= 15 is 0 Å². The maximum absolute atomic E-state index is 14.0. The van der Waals surface area contributed by atoms with Gasteiger partial charge in [0.1, 0.15) is 5.82 Å². The van der Waals surface area contributed by atoms with Gasteiger partial charge in [-0.25, -0.2) is 17.1 Å². The van der Waals surface area contributed by atoms with Gasteiger partial charge in [-0.2, -0.15) is 0 Å². The van der Waals surface area contributed by atoms with Crippen molar-refractivity contribution in [1.82, 2.24) is 4.31 Å². The Bertz CT molecular complexity index is 570. The van der Waals surface area contributed by atoms with Crippen LogP contribution in [0.25, 0.3) is 0 Å². The van der Waals surface area contributed by atoms with Crippen LogP contribution >= 0.6 is 11.6 Å². The van der Waals surface area contributed by atoms with Crippen molar-refractivity contribution in [1.29, 1.82) is 0 Å². The maximum atomic E-state index is 14.0. The fourth-order valence-corrected chi connectivity index (χ4v) is 2.32. The Labute approximate surface area is 112 Å². The molecule has 1 unspecified atom stereocenters. The van der Waals surface area contributed by atoms with E-state index in [4.69, 9.17) is 11.6 Å². The van der Waals surface area contributed by atoms with Crippen LogP contribution in [0.4, 0.5) is 4.39 Å². The molecular formula is C12H14ClFNO2S. The lowest BCUT2D eigenvalue weighted by Gasteiger charge is -2.18. The average molecular weight is 291 g/mol. The quantitative estimate of drug-likeness (QED) is 0.855. The van der Waals surface area contributed by atoms with Crippen LogP contribution in [-0.2, 0) is 16.6 Å². The standard InChI is InChI=1S/C12H14ClFNO2S/c1-15(18(2,16)17)7-10-9(8-3-4-8)5-6-11(13)12(10)14/h3,5-6,8H,4,7H2,1-2H3. The number of rotatable bonds is 4. The Morgan fingerprint density at radius 3 is 2.61 bits per heavy atom. The minimum atomic E-state index is -3.34. The number of halogens is 2. The van der Waals surface area contributed by atoms with E-state index < -0.39 is 15.8 Å². The van der Waals surface area contributed by atoms with Gasteiger partial charge in [-0.3, -0.25) is 0 Å². The summed E-state index contributed by atoms with van der Waals surface area (Å²) in [6.07, 6.45) is 4.04. The van der Waals surface area contributed by atoms with Gasteiger partial charge in [0.2, 0.25) is 10.0 Å². The SMILES string of the molecule is CN(Cc1c(C2[CH]C2)ccc(Cl)c1F)S(C)(=O)=O. The first kappa shape index (κ1) is 13.8. The van der Waals surface area contributed by atoms with Crippen LogP contribution < -0.4 is 0 Å². The van der Waals surface area contributed by atoms with Crippen molar-refractivity contribution in [2.45, 2.75) is 18.9 Å². The van der Waals surface area contributed by atoms with E-state index in [1.165, 1.54) is 13.1 Å². The van der Waals surface area contributed by atoms with Crippen molar-refractivity contribution in [2.24, 2.45) is 0 Å². The molecule has 99 valence electrons. The van der Waals surface area contributed by atoms with Gasteiger partial charge in [0.05, 0.1) is 11.3 Å². The smallest absolute Gasteiger partial charge is 0.211 e. The molecule has 0 saturated heterocycles. The third kappa shape index (κ3) is 2.84. The van der Waals surface area contributed by atoms with Crippen molar-refractivity contribution in [3.8, 4) is 0 Å². The first-order valence-corrected chi connectivity index (χ1v) is 7.74. The summed E-state index contributed by atoms with van der Waals surface area (Å²) in [7, 11) is -1.91. The Balaban J connectivity index is 2.39. The van der Waals surface area contributed by atoms with Crippen molar-refractivity contribution in [3.05, 3.63) is 40.5 Å². The molecule has 3 nitrogen and oxygen atoms in total. The lowest BCUT2D eigenvalue weighted by atomic mass is 10.0. The van der Waals surface area contributed by atoms with E-state index in [0.717, 1.165) is 22.5 Å². The summed E-state index contributed by atoms with van der Waals surface area (Å²) in [5.74, 6) is -0.301. The summed E-state index contributed by atoms with van der Waals surface area (Å²) in [6.45, 7) is 0.00486. The number of hydrogen-bond donors (Lipinski definition) is 0. The second kappa shape index (κ2) is 4.79. The van der Waals surface area contributed by atoms with Gasteiger partial charge in [-0.15, -0.1) is 0 Å². The molecular weight excluding hydrogens is 277 g/mol. The van der Waals surface area contributed by atoms with Gasteiger partial charge in [0.15, 0.2) is 0 Å². The molecule has 1 aromatic rings. The molecule has 1 aliphatic rings. The maximum Gasteiger partial charge on any atom is 0.211 e. The monoisotopic (exact) mass is 290 g/mol. The van der Waals surface area contributed by atoms with E-state index in [2.05, 4.69) is 0 Å². The third-order valence-electron chi connectivity index (χ3n) is 3.05. The van der Waals surface area contributed by atoms with Crippen LogP contribution in [0, 0.1) is 12.2 Å². The van der Waals surface area contributed by atoms with E-state index in [0.29, 0.717) is 5.56 Å². The molecule has 1 saturated carbocycles. The first-order chi connectivity index (χ1) is 8.30.